The first-order valence-corrected chi connectivity index (χ1v) is 11.1. The molecule has 1 N–H and O–H groups in total. The van der Waals surface area contributed by atoms with Gasteiger partial charge in [-0.3, -0.25) is 9.69 Å². The summed E-state index contributed by atoms with van der Waals surface area (Å²) in [6.07, 6.45) is 9.37. The monoisotopic (exact) mass is 386 g/mol. The second-order valence-electron chi connectivity index (χ2n) is 8.97. The van der Waals surface area contributed by atoms with Gasteiger partial charge in [-0.05, 0) is 37.3 Å². The second kappa shape index (κ2) is 8.83. The van der Waals surface area contributed by atoms with Crippen LogP contribution in [-0.2, 0) is 4.79 Å². The molecule has 3 fully saturated rings. The lowest BCUT2D eigenvalue weighted by Crippen LogP contribution is -2.64. The van der Waals surface area contributed by atoms with Gasteiger partial charge in [-0.15, -0.1) is 0 Å². The van der Waals surface area contributed by atoms with Crippen LogP contribution in [0.15, 0.2) is 30.3 Å². The number of likely N-dealkylation sites (tertiary alicyclic amines) is 2. The van der Waals surface area contributed by atoms with Gasteiger partial charge in [0.25, 0.3) is 5.91 Å². The van der Waals surface area contributed by atoms with Crippen LogP contribution in [0.1, 0.15) is 51.4 Å². The van der Waals surface area contributed by atoms with Crippen molar-refractivity contribution in [1.82, 2.24) is 9.80 Å². The molecule has 0 radical (unpaired) electrons. The maximum Gasteiger partial charge on any atom is 0.255 e. The number of piperidine rings is 1. The van der Waals surface area contributed by atoms with Crippen molar-refractivity contribution >= 4 is 5.91 Å². The second-order valence-corrected chi connectivity index (χ2v) is 8.97. The molecule has 1 atom stereocenters. The van der Waals surface area contributed by atoms with E-state index in [1.165, 1.54) is 32.1 Å². The van der Waals surface area contributed by atoms with Crippen molar-refractivity contribution in [2.24, 2.45) is 5.92 Å². The number of aliphatic hydroxyl groups is 1. The number of carbonyl (C=O) groups excluding carboxylic acids is 1. The largest absolute Gasteiger partial charge is 0.488 e. The Morgan fingerprint density at radius 3 is 2.57 bits per heavy atom. The van der Waals surface area contributed by atoms with Crippen molar-refractivity contribution < 1.29 is 14.6 Å². The molecule has 3 aliphatic rings. The Morgan fingerprint density at radius 1 is 1.07 bits per heavy atom. The molecule has 2 aliphatic heterocycles. The van der Waals surface area contributed by atoms with Gasteiger partial charge in [0.1, 0.15) is 11.9 Å². The van der Waals surface area contributed by atoms with E-state index >= 15 is 0 Å². The summed E-state index contributed by atoms with van der Waals surface area (Å²) in [7, 11) is 0. The van der Waals surface area contributed by atoms with Gasteiger partial charge in [-0.2, -0.15) is 0 Å². The molecule has 0 bridgehead atoms. The highest BCUT2D eigenvalue weighted by Crippen LogP contribution is 2.30. The van der Waals surface area contributed by atoms with Gasteiger partial charge in [-0.1, -0.05) is 50.3 Å². The highest BCUT2D eigenvalue weighted by Gasteiger charge is 2.45. The maximum atomic E-state index is 13.0. The zero-order valence-corrected chi connectivity index (χ0v) is 16.9. The molecule has 4 rings (SSSR count). The number of nitrogens with zero attached hydrogens (tertiary/aromatic N) is 2. The van der Waals surface area contributed by atoms with Gasteiger partial charge >= 0.3 is 0 Å². The zero-order chi connectivity index (χ0) is 19.4. The van der Waals surface area contributed by atoms with Gasteiger partial charge in [0.05, 0.1) is 0 Å². The Morgan fingerprint density at radius 2 is 1.82 bits per heavy atom. The minimum Gasteiger partial charge on any atom is -0.488 e. The smallest absolute Gasteiger partial charge is 0.255 e. The van der Waals surface area contributed by atoms with E-state index in [4.69, 9.17) is 4.74 Å². The molecule has 1 aliphatic carbocycles. The number of para-hydroxylation sites is 1. The van der Waals surface area contributed by atoms with E-state index in [-0.39, 0.29) is 12.0 Å². The Kier molecular flexibility index (Phi) is 6.22. The van der Waals surface area contributed by atoms with E-state index in [2.05, 4.69) is 4.90 Å². The molecule has 154 valence electrons. The van der Waals surface area contributed by atoms with Gasteiger partial charge in [0, 0.05) is 32.7 Å². The van der Waals surface area contributed by atoms with E-state index in [0.717, 1.165) is 50.7 Å². The van der Waals surface area contributed by atoms with Crippen molar-refractivity contribution in [3.8, 4) is 5.75 Å². The van der Waals surface area contributed by atoms with Crippen LogP contribution >= 0.6 is 0 Å². The van der Waals surface area contributed by atoms with Gasteiger partial charge in [0.15, 0.2) is 5.60 Å². The highest BCUT2D eigenvalue weighted by atomic mass is 16.5. The Bertz CT molecular complexity index is 641. The molecule has 1 aromatic carbocycles. The lowest BCUT2D eigenvalue weighted by Gasteiger charge is -2.45. The number of hydrogen-bond donors (Lipinski definition) is 1. The van der Waals surface area contributed by atoms with Crippen molar-refractivity contribution in [2.75, 3.05) is 32.7 Å². The number of amides is 1. The van der Waals surface area contributed by atoms with Gasteiger partial charge in [0.2, 0.25) is 0 Å². The Labute approximate surface area is 168 Å². The summed E-state index contributed by atoms with van der Waals surface area (Å²) in [5, 5.41) is 11.1. The fourth-order valence-corrected chi connectivity index (χ4v) is 5.03. The lowest BCUT2D eigenvalue weighted by atomic mass is 9.86. The first kappa shape index (κ1) is 19.7. The zero-order valence-electron chi connectivity index (χ0n) is 16.9. The van der Waals surface area contributed by atoms with Crippen LogP contribution in [0.25, 0.3) is 0 Å². The molecular formula is C23H34N2O3. The molecule has 28 heavy (non-hydrogen) atoms. The van der Waals surface area contributed by atoms with Crippen molar-refractivity contribution in [3.63, 3.8) is 0 Å². The van der Waals surface area contributed by atoms with E-state index in [9.17, 15) is 9.90 Å². The van der Waals surface area contributed by atoms with Gasteiger partial charge < -0.3 is 14.7 Å². The average molecular weight is 387 g/mol. The normalized spacial score (nSPS) is 27.6. The molecular weight excluding hydrogens is 352 g/mol. The predicted molar refractivity (Wildman–Crippen MR) is 109 cm³/mol. The van der Waals surface area contributed by atoms with E-state index in [1.807, 2.05) is 35.2 Å². The fraction of sp³-hybridized carbons (Fsp3) is 0.696. The molecule has 0 aromatic heterocycles. The standard InChI is InChI=1S/C23H34N2O3/c26-22-23(27,13-7-14-25(22)15-12-19-8-3-1-4-9-19)18-24-16-21(17-24)28-20-10-5-2-6-11-20/h2,5-6,10-11,19,21,27H,1,3-4,7-9,12-18H2/t23-/m0/s1. The third kappa shape index (κ3) is 4.69. The summed E-state index contributed by atoms with van der Waals surface area (Å²) < 4.78 is 5.94. The third-order valence-electron chi connectivity index (χ3n) is 6.69. The first-order valence-electron chi connectivity index (χ1n) is 11.1. The molecule has 1 amide bonds. The van der Waals surface area contributed by atoms with Crippen LogP contribution in [0.5, 0.6) is 5.75 Å². The summed E-state index contributed by atoms with van der Waals surface area (Å²) in [4.78, 5) is 17.1. The molecule has 5 nitrogen and oxygen atoms in total. The Balaban J connectivity index is 1.24. The van der Waals surface area contributed by atoms with Crippen LogP contribution in [-0.4, -0.2) is 65.2 Å². The molecule has 5 heteroatoms. The molecule has 2 heterocycles. The number of ether oxygens (including phenoxy) is 1. The quantitative estimate of drug-likeness (QED) is 0.782. The molecule has 2 saturated heterocycles. The van der Waals surface area contributed by atoms with E-state index < -0.39 is 5.60 Å². The van der Waals surface area contributed by atoms with Crippen LogP contribution in [0.2, 0.25) is 0 Å². The minimum absolute atomic E-state index is 0.0537. The number of hydrogen-bond acceptors (Lipinski definition) is 4. The van der Waals surface area contributed by atoms with Crippen LogP contribution in [0, 0.1) is 5.92 Å². The summed E-state index contributed by atoms with van der Waals surface area (Å²) in [6, 6.07) is 9.84. The maximum absolute atomic E-state index is 13.0. The summed E-state index contributed by atoms with van der Waals surface area (Å²) in [5.41, 5.74) is -1.22. The highest BCUT2D eigenvalue weighted by molar-refractivity contribution is 5.86. The molecule has 1 aromatic rings. The van der Waals surface area contributed by atoms with Crippen LogP contribution < -0.4 is 4.74 Å². The average Bonchev–Trinajstić information content (AvgIpc) is 2.69. The predicted octanol–water partition coefficient (Wildman–Crippen LogP) is 3.07. The van der Waals surface area contributed by atoms with Crippen molar-refractivity contribution in [3.05, 3.63) is 30.3 Å². The summed E-state index contributed by atoms with van der Waals surface area (Å²) in [6.45, 7) is 3.58. The topological polar surface area (TPSA) is 53.0 Å². The van der Waals surface area contributed by atoms with Crippen molar-refractivity contribution in [1.29, 1.82) is 0 Å². The number of β-amino-alcohol motifs (C(OH)–C–C–N with tert-alkyl or cyclic N) is 1. The Hall–Kier alpha value is -1.59. The molecule has 0 spiro atoms. The fourth-order valence-electron chi connectivity index (χ4n) is 5.03. The summed E-state index contributed by atoms with van der Waals surface area (Å²) in [5.74, 6) is 1.60. The van der Waals surface area contributed by atoms with Crippen LogP contribution in [0.3, 0.4) is 0 Å². The number of rotatable bonds is 7. The number of benzene rings is 1. The SMILES string of the molecule is O=C1N(CCC2CCCCC2)CCC[C@]1(O)CN1CC(Oc2ccccc2)C1. The lowest BCUT2D eigenvalue weighted by molar-refractivity contribution is -0.162. The first-order chi connectivity index (χ1) is 13.6. The van der Waals surface area contributed by atoms with E-state index in [1.54, 1.807) is 0 Å². The van der Waals surface area contributed by atoms with Crippen LogP contribution in [0.4, 0.5) is 0 Å². The van der Waals surface area contributed by atoms with Crippen molar-refractivity contribution in [2.45, 2.75) is 63.1 Å². The van der Waals surface area contributed by atoms with E-state index in [0.29, 0.717) is 13.0 Å². The summed E-state index contributed by atoms with van der Waals surface area (Å²) >= 11 is 0. The number of carbonyl (C=O) groups is 1. The van der Waals surface area contributed by atoms with Gasteiger partial charge in [-0.25, -0.2) is 0 Å². The third-order valence-corrected chi connectivity index (χ3v) is 6.69. The molecule has 1 saturated carbocycles. The minimum atomic E-state index is -1.22. The molecule has 0 unspecified atom stereocenters.